The lowest BCUT2D eigenvalue weighted by atomic mass is 10.2. The highest BCUT2D eigenvalue weighted by atomic mass is 32.1. The van der Waals surface area contributed by atoms with Gasteiger partial charge in [0.25, 0.3) is 5.91 Å². The number of rotatable bonds is 4. The third kappa shape index (κ3) is 4.53. The van der Waals surface area contributed by atoms with Crippen LogP contribution in [0.25, 0.3) is 11.0 Å². The van der Waals surface area contributed by atoms with E-state index < -0.39 is 22.8 Å². The molecule has 0 spiro atoms. The van der Waals surface area contributed by atoms with Gasteiger partial charge in [-0.25, -0.2) is 14.2 Å². The number of hydrogen-bond donors (Lipinski definition) is 2. The van der Waals surface area contributed by atoms with Crippen LogP contribution in [0.1, 0.15) is 27.6 Å². The van der Waals surface area contributed by atoms with Crippen LogP contribution in [-0.4, -0.2) is 69.5 Å². The van der Waals surface area contributed by atoms with Crippen molar-refractivity contribution in [2.45, 2.75) is 13.5 Å². The molecule has 3 aromatic rings. The van der Waals surface area contributed by atoms with Crippen LogP contribution in [0.4, 0.5) is 10.2 Å². The SMILES string of the molecule is CCn1cc(C(=O)O)c(=O)c2cc(F)c(N3CCN(C(=S)NC(=O)c4ccc5c(c4)OCO5)CC3)nc21. The number of hydrogen-bond acceptors (Lipinski definition) is 8. The number of carbonyl (C=O) groups excluding carboxylic acids is 1. The maximum Gasteiger partial charge on any atom is 0.341 e. The summed E-state index contributed by atoms with van der Waals surface area (Å²) in [6.45, 7) is 3.75. The quantitative estimate of drug-likeness (QED) is 0.485. The number of thiocarbonyl (C=S) groups is 1. The topological polar surface area (TPSA) is 126 Å². The first-order valence-corrected chi connectivity index (χ1v) is 11.9. The van der Waals surface area contributed by atoms with Gasteiger partial charge in [-0.15, -0.1) is 0 Å². The molecule has 2 aliphatic rings. The van der Waals surface area contributed by atoms with Gasteiger partial charge in [-0.2, -0.15) is 0 Å². The number of ether oxygens (including phenoxy) is 2. The molecule has 0 radical (unpaired) electrons. The van der Waals surface area contributed by atoms with Crippen LogP contribution in [0.2, 0.25) is 0 Å². The summed E-state index contributed by atoms with van der Waals surface area (Å²) in [5.41, 5.74) is -0.629. The number of fused-ring (bicyclic) bond motifs is 2. The number of carboxylic acid groups (broad SMARTS) is 1. The zero-order valence-electron chi connectivity index (χ0n) is 19.7. The van der Waals surface area contributed by atoms with Crippen molar-refractivity contribution in [3.63, 3.8) is 0 Å². The van der Waals surface area contributed by atoms with Crippen LogP contribution in [0.15, 0.2) is 35.3 Å². The van der Waals surface area contributed by atoms with Gasteiger partial charge < -0.3 is 28.9 Å². The molecular weight excluding hydrogens is 505 g/mol. The van der Waals surface area contributed by atoms with E-state index >= 15 is 4.39 Å². The van der Waals surface area contributed by atoms with Crippen molar-refractivity contribution in [2.24, 2.45) is 0 Å². The molecule has 1 amide bonds. The lowest BCUT2D eigenvalue weighted by Crippen LogP contribution is -2.53. The number of pyridine rings is 2. The van der Waals surface area contributed by atoms with Crippen LogP contribution in [-0.2, 0) is 6.54 Å². The molecule has 13 heteroatoms. The van der Waals surface area contributed by atoms with E-state index in [4.69, 9.17) is 21.7 Å². The Morgan fingerprint density at radius 3 is 2.59 bits per heavy atom. The molecule has 0 aliphatic carbocycles. The number of aromatic nitrogens is 2. The molecule has 1 fully saturated rings. The third-order valence-corrected chi connectivity index (χ3v) is 6.64. The van der Waals surface area contributed by atoms with Crippen LogP contribution < -0.4 is 25.1 Å². The van der Waals surface area contributed by atoms with Crippen molar-refractivity contribution >= 4 is 46.1 Å². The Kier molecular flexibility index (Phi) is 6.38. The number of anilines is 1. The van der Waals surface area contributed by atoms with Crippen molar-refractivity contribution in [2.75, 3.05) is 37.9 Å². The number of halogens is 1. The van der Waals surface area contributed by atoms with Crippen LogP contribution in [0.3, 0.4) is 0 Å². The summed E-state index contributed by atoms with van der Waals surface area (Å²) in [5, 5.41) is 12.2. The van der Waals surface area contributed by atoms with Crippen LogP contribution in [0.5, 0.6) is 11.5 Å². The average Bonchev–Trinajstić information content (AvgIpc) is 3.37. The molecule has 5 rings (SSSR count). The van der Waals surface area contributed by atoms with E-state index in [2.05, 4.69) is 10.3 Å². The lowest BCUT2D eigenvalue weighted by Gasteiger charge is -2.36. The van der Waals surface area contributed by atoms with E-state index in [9.17, 15) is 19.5 Å². The zero-order chi connectivity index (χ0) is 26.3. The molecule has 2 N–H and O–H groups in total. The summed E-state index contributed by atoms with van der Waals surface area (Å²) in [6, 6.07) is 5.90. The Morgan fingerprint density at radius 2 is 1.89 bits per heavy atom. The van der Waals surface area contributed by atoms with E-state index in [-0.39, 0.29) is 34.7 Å². The first kappa shape index (κ1) is 24.4. The van der Waals surface area contributed by atoms with E-state index in [1.165, 1.54) is 10.8 Å². The van der Waals surface area contributed by atoms with E-state index in [1.54, 1.807) is 34.9 Å². The maximum absolute atomic E-state index is 15.0. The first-order valence-electron chi connectivity index (χ1n) is 11.5. The Hall–Kier alpha value is -4.26. The molecule has 0 bridgehead atoms. The van der Waals surface area contributed by atoms with Crippen molar-refractivity contribution in [3.05, 3.63) is 57.6 Å². The number of nitrogens with one attached hydrogen (secondary N) is 1. The largest absolute Gasteiger partial charge is 0.477 e. The summed E-state index contributed by atoms with van der Waals surface area (Å²) in [7, 11) is 0. The zero-order valence-corrected chi connectivity index (χ0v) is 20.5. The molecule has 0 saturated carbocycles. The minimum atomic E-state index is -1.38. The Balaban J connectivity index is 1.29. The molecule has 37 heavy (non-hydrogen) atoms. The summed E-state index contributed by atoms with van der Waals surface area (Å²) >= 11 is 5.42. The van der Waals surface area contributed by atoms with Gasteiger partial charge in [0.2, 0.25) is 12.2 Å². The maximum atomic E-state index is 15.0. The van der Waals surface area contributed by atoms with Crippen molar-refractivity contribution < 1.29 is 28.6 Å². The second-order valence-electron chi connectivity index (χ2n) is 8.43. The molecule has 2 aliphatic heterocycles. The van der Waals surface area contributed by atoms with Crippen molar-refractivity contribution in [3.8, 4) is 11.5 Å². The third-order valence-electron chi connectivity index (χ3n) is 6.28. The Labute approximate surface area is 215 Å². The fraction of sp³-hybridized carbons (Fsp3) is 0.292. The van der Waals surface area contributed by atoms with Gasteiger partial charge in [0.15, 0.2) is 28.2 Å². The number of benzene rings is 1. The number of piperazine rings is 1. The number of aryl methyl sites for hydroxylation is 1. The summed E-state index contributed by atoms with van der Waals surface area (Å²) < 4.78 is 27.1. The summed E-state index contributed by atoms with van der Waals surface area (Å²) in [5.74, 6) is -1.36. The molecule has 0 atom stereocenters. The Morgan fingerprint density at radius 1 is 1.16 bits per heavy atom. The first-order chi connectivity index (χ1) is 17.8. The fourth-order valence-electron chi connectivity index (χ4n) is 4.30. The standard InChI is InChI=1S/C24H22FN5O6S/c1-2-28-11-15(23(33)34)19(31)14-10-16(25)21(26-20(14)28)29-5-7-30(8-6-29)24(37)27-22(32)13-3-4-17-18(9-13)36-12-35-17/h3-4,9-11H,2,5-8,12H2,1H3,(H,33,34)(H,27,32,37). The highest BCUT2D eigenvalue weighted by Crippen LogP contribution is 2.32. The highest BCUT2D eigenvalue weighted by molar-refractivity contribution is 7.80. The van der Waals surface area contributed by atoms with Gasteiger partial charge in [0.05, 0.1) is 5.39 Å². The number of nitrogens with zero attached hydrogens (tertiary/aromatic N) is 4. The lowest BCUT2D eigenvalue weighted by molar-refractivity contribution is 0.0694. The number of carbonyl (C=O) groups is 2. The smallest absolute Gasteiger partial charge is 0.341 e. The minimum Gasteiger partial charge on any atom is -0.477 e. The average molecular weight is 528 g/mol. The second-order valence-corrected chi connectivity index (χ2v) is 8.82. The van der Waals surface area contributed by atoms with Gasteiger partial charge in [-0.05, 0) is 43.4 Å². The number of carboxylic acids is 1. The molecule has 4 heterocycles. The van der Waals surface area contributed by atoms with Crippen molar-refractivity contribution in [1.29, 1.82) is 0 Å². The number of aromatic carboxylic acids is 1. The molecule has 2 aromatic heterocycles. The molecule has 1 aromatic carbocycles. The molecule has 1 saturated heterocycles. The van der Waals surface area contributed by atoms with Crippen LogP contribution >= 0.6 is 12.2 Å². The Bertz CT molecular complexity index is 1500. The van der Waals surface area contributed by atoms with E-state index in [0.717, 1.165) is 6.07 Å². The predicted octanol–water partition coefficient (Wildman–Crippen LogP) is 1.82. The minimum absolute atomic E-state index is 0.0622. The fourth-order valence-corrected chi connectivity index (χ4v) is 4.57. The normalized spacial score (nSPS) is 14.6. The van der Waals surface area contributed by atoms with Gasteiger partial charge in [-0.1, -0.05) is 0 Å². The van der Waals surface area contributed by atoms with Gasteiger partial charge >= 0.3 is 5.97 Å². The van der Waals surface area contributed by atoms with Crippen LogP contribution in [0, 0.1) is 5.82 Å². The van der Waals surface area contributed by atoms with E-state index in [1.807, 2.05) is 0 Å². The van der Waals surface area contributed by atoms with E-state index in [0.29, 0.717) is 49.8 Å². The number of amides is 1. The van der Waals surface area contributed by atoms with Gasteiger partial charge in [0.1, 0.15) is 11.2 Å². The van der Waals surface area contributed by atoms with Crippen molar-refractivity contribution in [1.82, 2.24) is 19.8 Å². The summed E-state index contributed by atoms with van der Waals surface area (Å²) in [6.07, 6.45) is 1.22. The predicted molar refractivity (Wildman–Crippen MR) is 135 cm³/mol. The monoisotopic (exact) mass is 527 g/mol. The molecule has 192 valence electrons. The molecule has 11 nitrogen and oxygen atoms in total. The van der Waals surface area contributed by atoms with Gasteiger partial charge in [-0.3, -0.25) is 14.9 Å². The van der Waals surface area contributed by atoms with Gasteiger partial charge in [0, 0.05) is 44.5 Å². The second kappa shape index (κ2) is 9.65. The highest BCUT2D eigenvalue weighted by Gasteiger charge is 2.26. The molecule has 0 unspecified atom stereocenters. The molecular formula is C24H22FN5O6S. The summed E-state index contributed by atoms with van der Waals surface area (Å²) in [4.78, 5) is 44.6.